The molecule has 2 aliphatic rings. The lowest BCUT2D eigenvalue weighted by atomic mass is 9.92. The standard InChI is InChI=1S/C13H18F2INS.CH4O/c14-13(15)9-12(13)10-17-6-4-11(5-7-17)3-1-2-8-18-16;1-2/h11-12H,1,3-7,9-10H2;2H,1H3. The second-order valence-electron chi connectivity index (χ2n) is 5.30. The zero-order valence-electron chi connectivity index (χ0n) is 11.7. The zero-order chi connectivity index (χ0) is 15.0. The molecule has 0 bridgehead atoms. The molecule has 116 valence electrons. The molecule has 1 N–H and O–H groups in total. The number of alkyl halides is 2. The summed E-state index contributed by atoms with van der Waals surface area (Å²) >= 11 is 2.18. The minimum absolute atomic E-state index is 0.108. The number of halogens is 3. The van der Waals surface area contributed by atoms with Gasteiger partial charge in [0.2, 0.25) is 0 Å². The van der Waals surface area contributed by atoms with Crippen molar-refractivity contribution in [2.24, 2.45) is 11.8 Å². The van der Waals surface area contributed by atoms with Crippen LogP contribution in [0.25, 0.3) is 0 Å². The first-order valence-electron chi connectivity index (χ1n) is 6.92. The second-order valence-corrected chi connectivity index (χ2v) is 6.98. The van der Waals surface area contributed by atoms with Crippen LogP contribution in [-0.2, 0) is 0 Å². The van der Waals surface area contributed by atoms with Crippen LogP contribution in [0.2, 0.25) is 0 Å². The Morgan fingerprint density at radius 3 is 2.45 bits per heavy atom. The molecule has 0 aromatic carbocycles. The number of aliphatic hydroxyl groups is 1. The Balaban J connectivity index is 0.000000956. The summed E-state index contributed by atoms with van der Waals surface area (Å²) in [6, 6.07) is 0. The van der Waals surface area contributed by atoms with Gasteiger partial charge >= 0.3 is 0 Å². The fraction of sp³-hybridized carbons (Fsp3) is 0.857. The molecule has 0 aromatic rings. The highest BCUT2D eigenvalue weighted by molar-refractivity contribution is 14.2. The largest absolute Gasteiger partial charge is 0.400 e. The number of aliphatic hydroxyl groups excluding tert-OH is 1. The molecular weight excluding hydrogens is 395 g/mol. The third-order valence-corrected chi connectivity index (χ3v) is 4.81. The number of likely N-dealkylation sites (tertiary alicyclic amines) is 1. The third-order valence-electron chi connectivity index (χ3n) is 3.93. The summed E-state index contributed by atoms with van der Waals surface area (Å²) < 4.78 is 25.6. The van der Waals surface area contributed by atoms with Crippen molar-refractivity contribution in [1.29, 1.82) is 0 Å². The summed E-state index contributed by atoms with van der Waals surface area (Å²) in [6.45, 7) is 2.59. The molecule has 0 radical (unpaired) electrons. The van der Waals surface area contributed by atoms with Crippen LogP contribution in [0, 0.1) is 23.0 Å². The fourth-order valence-corrected chi connectivity index (χ4v) is 3.22. The third kappa shape index (κ3) is 6.46. The Labute approximate surface area is 136 Å². The van der Waals surface area contributed by atoms with E-state index in [1.165, 1.54) is 8.93 Å². The van der Waals surface area contributed by atoms with Crippen molar-refractivity contribution in [1.82, 2.24) is 4.90 Å². The highest BCUT2D eigenvalue weighted by Crippen LogP contribution is 2.49. The Kier molecular flexibility index (Phi) is 8.72. The quantitative estimate of drug-likeness (QED) is 0.557. The van der Waals surface area contributed by atoms with Crippen molar-refractivity contribution in [2.45, 2.75) is 38.0 Å². The van der Waals surface area contributed by atoms with Gasteiger partial charge in [-0.15, -0.1) is 0 Å². The van der Waals surface area contributed by atoms with Crippen LogP contribution in [-0.4, -0.2) is 42.7 Å². The maximum atomic E-state index is 12.8. The molecule has 1 atom stereocenters. The monoisotopic (exact) mass is 417 g/mol. The van der Waals surface area contributed by atoms with Crippen molar-refractivity contribution in [2.75, 3.05) is 26.7 Å². The molecule has 2 nitrogen and oxygen atoms in total. The van der Waals surface area contributed by atoms with Crippen molar-refractivity contribution in [3.63, 3.8) is 0 Å². The average Bonchev–Trinajstić information content (AvgIpc) is 3.06. The van der Waals surface area contributed by atoms with Gasteiger partial charge in [-0.05, 0) is 52.5 Å². The van der Waals surface area contributed by atoms with Crippen LogP contribution in [0.4, 0.5) is 8.78 Å². The van der Waals surface area contributed by atoms with Gasteiger partial charge < -0.3 is 10.0 Å². The fourth-order valence-electron chi connectivity index (χ4n) is 2.59. The molecule has 1 saturated heterocycles. The molecule has 2 rings (SSSR count). The lowest BCUT2D eigenvalue weighted by molar-refractivity contribution is 0.0803. The molecule has 2 fully saturated rings. The minimum atomic E-state index is -2.36. The van der Waals surface area contributed by atoms with Crippen LogP contribution < -0.4 is 0 Å². The van der Waals surface area contributed by atoms with E-state index in [1.54, 1.807) is 0 Å². The van der Waals surface area contributed by atoms with Crippen LogP contribution in [0.5, 0.6) is 0 Å². The molecule has 1 aliphatic heterocycles. The Morgan fingerprint density at radius 1 is 1.35 bits per heavy atom. The Hall–Kier alpha value is 0.420. The number of nitrogens with zero attached hydrogens (tertiary/aromatic N) is 1. The van der Waals surface area contributed by atoms with Gasteiger partial charge in [0.05, 0.1) is 0 Å². The number of hydrogen-bond donors (Lipinski definition) is 1. The van der Waals surface area contributed by atoms with Crippen molar-refractivity contribution < 1.29 is 13.9 Å². The summed E-state index contributed by atoms with van der Waals surface area (Å²) in [6.07, 6.45) is 4.55. The summed E-state index contributed by atoms with van der Waals surface area (Å²) in [5.74, 6) is 1.17. The Bertz CT molecular complexity index is 338. The van der Waals surface area contributed by atoms with Crippen LogP contribution in [0.15, 0.2) is 0 Å². The van der Waals surface area contributed by atoms with Gasteiger partial charge in [0.25, 0.3) is 5.92 Å². The predicted molar refractivity (Wildman–Crippen MR) is 89.0 cm³/mol. The van der Waals surface area contributed by atoms with Crippen LogP contribution in [0.1, 0.15) is 32.1 Å². The normalized spacial score (nSPS) is 25.1. The molecule has 1 heterocycles. The predicted octanol–water partition coefficient (Wildman–Crippen LogP) is 3.79. The smallest absolute Gasteiger partial charge is 0.252 e. The van der Waals surface area contributed by atoms with Crippen LogP contribution >= 0.6 is 30.1 Å². The molecular formula is C14H22F2INOS. The van der Waals surface area contributed by atoms with E-state index in [4.69, 9.17) is 5.11 Å². The number of piperidine rings is 1. The van der Waals surface area contributed by atoms with Gasteiger partial charge in [0, 0.05) is 53.6 Å². The average molecular weight is 417 g/mol. The SMILES string of the molecule is CO.FC1(F)CC1CN1CCC(CCC#CSI)CC1. The van der Waals surface area contributed by atoms with Crippen molar-refractivity contribution in [3.8, 4) is 11.2 Å². The zero-order valence-corrected chi connectivity index (χ0v) is 14.7. The summed E-state index contributed by atoms with van der Waals surface area (Å²) in [5.41, 5.74) is 0. The molecule has 0 amide bonds. The van der Waals surface area contributed by atoms with E-state index < -0.39 is 5.92 Å². The maximum Gasteiger partial charge on any atom is 0.252 e. The van der Waals surface area contributed by atoms with Gasteiger partial charge in [0.1, 0.15) is 0 Å². The van der Waals surface area contributed by atoms with Crippen LogP contribution in [0.3, 0.4) is 0 Å². The first-order valence-corrected chi connectivity index (χ1v) is 10.3. The molecule has 0 aromatic heterocycles. The molecule has 6 heteroatoms. The van der Waals surface area contributed by atoms with E-state index in [0.717, 1.165) is 51.8 Å². The van der Waals surface area contributed by atoms with Gasteiger partial charge in [-0.25, -0.2) is 8.78 Å². The first-order chi connectivity index (χ1) is 9.62. The highest BCUT2D eigenvalue weighted by Gasteiger charge is 2.56. The van der Waals surface area contributed by atoms with E-state index in [1.807, 2.05) is 0 Å². The maximum absolute atomic E-state index is 12.8. The van der Waals surface area contributed by atoms with E-state index in [-0.39, 0.29) is 12.3 Å². The summed E-state index contributed by atoms with van der Waals surface area (Å²) in [7, 11) is 2.53. The molecule has 20 heavy (non-hydrogen) atoms. The van der Waals surface area contributed by atoms with Gasteiger partial charge in [0.15, 0.2) is 0 Å². The molecule has 0 spiro atoms. The second kappa shape index (κ2) is 9.44. The highest BCUT2D eigenvalue weighted by atomic mass is 127. The Morgan fingerprint density at radius 2 is 1.95 bits per heavy atom. The van der Waals surface area contributed by atoms with Gasteiger partial charge in [-0.1, -0.05) is 5.92 Å². The van der Waals surface area contributed by atoms with E-state index >= 15 is 0 Å². The topological polar surface area (TPSA) is 23.5 Å². The molecule has 1 aliphatic carbocycles. The molecule has 1 saturated carbocycles. The first kappa shape index (κ1) is 18.5. The van der Waals surface area contributed by atoms with Crippen molar-refractivity contribution >= 4 is 30.1 Å². The van der Waals surface area contributed by atoms with E-state index in [2.05, 4.69) is 37.3 Å². The number of hydrogen-bond acceptors (Lipinski definition) is 3. The van der Waals surface area contributed by atoms with E-state index in [9.17, 15) is 8.78 Å². The lowest BCUT2D eigenvalue weighted by Gasteiger charge is -2.31. The van der Waals surface area contributed by atoms with Gasteiger partial charge in [-0.2, -0.15) is 0 Å². The molecule has 1 unspecified atom stereocenters. The van der Waals surface area contributed by atoms with E-state index in [0.29, 0.717) is 6.54 Å². The van der Waals surface area contributed by atoms with Gasteiger partial charge in [-0.3, -0.25) is 0 Å². The number of rotatable bonds is 4. The lowest BCUT2D eigenvalue weighted by Crippen LogP contribution is -2.35. The summed E-state index contributed by atoms with van der Waals surface area (Å²) in [4.78, 5) is 2.22. The minimum Gasteiger partial charge on any atom is -0.400 e. The van der Waals surface area contributed by atoms with Crippen molar-refractivity contribution in [3.05, 3.63) is 0 Å². The summed E-state index contributed by atoms with van der Waals surface area (Å²) in [5, 5.41) is 10.00.